The summed E-state index contributed by atoms with van der Waals surface area (Å²) in [5.41, 5.74) is 1.88. The van der Waals surface area contributed by atoms with Crippen molar-refractivity contribution in [3.8, 4) is 0 Å². The van der Waals surface area contributed by atoms with Gasteiger partial charge in [-0.15, -0.1) is 0 Å². The Morgan fingerprint density at radius 1 is 1.03 bits per heavy atom. The van der Waals surface area contributed by atoms with Crippen molar-refractivity contribution in [2.45, 2.75) is 63.9 Å². The number of hydrogen-bond acceptors (Lipinski definition) is 5. The van der Waals surface area contributed by atoms with E-state index in [1.807, 2.05) is 23.1 Å². The minimum absolute atomic E-state index is 0.0807. The van der Waals surface area contributed by atoms with Crippen molar-refractivity contribution in [2.75, 3.05) is 49.6 Å². The van der Waals surface area contributed by atoms with Gasteiger partial charge in [0.15, 0.2) is 0 Å². The second kappa shape index (κ2) is 9.98. The lowest BCUT2D eigenvalue weighted by Crippen LogP contribution is -2.46. The lowest BCUT2D eigenvalue weighted by Gasteiger charge is -2.38. The molecule has 0 spiro atoms. The highest BCUT2D eigenvalue weighted by atomic mass is 16.5. The van der Waals surface area contributed by atoms with E-state index in [4.69, 9.17) is 14.2 Å². The molecule has 3 heterocycles. The standard InChI is InChI=1S/C23H35N3O4/c1-17-13-25(14-18(2)30-17)22-10-4-3-9-21(22)24-23(27)26(15-19-7-5-11-28-19)16-20-8-6-12-29-20/h3-4,9-10,17-20H,5-8,11-16H2,1-2H3,(H,24,27)/t17-,18+,19-,20+. The Bertz CT molecular complexity index is 675. The van der Waals surface area contributed by atoms with Crippen molar-refractivity contribution in [1.29, 1.82) is 0 Å². The molecule has 0 unspecified atom stereocenters. The number of rotatable bonds is 6. The van der Waals surface area contributed by atoms with Crippen LogP contribution in [0.1, 0.15) is 39.5 Å². The second-order valence-corrected chi connectivity index (χ2v) is 8.78. The summed E-state index contributed by atoms with van der Waals surface area (Å²) in [5.74, 6) is 0. The Labute approximate surface area is 179 Å². The lowest BCUT2D eigenvalue weighted by atomic mass is 10.1. The zero-order valence-corrected chi connectivity index (χ0v) is 18.2. The first-order valence-electron chi connectivity index (χ1n) is 11.4. The number of hydrogen-bond donors (Lipinski definition) is 1. The van der Waals surface area contributed by atoms with Crippen LogP contribution in [0.4, 0.5) is 16.2 Å². The molecule has 3 saturated heterocycles. The fraction of sp³-hybridized carbons (Fsp3) is 0.696. The van der Waals surface area contributed by atoms with E-state index in [-0.39, 0.29) is 30.4 Å². The fourth-order valence-electron chi connectivity index (χ4n) is 4.73. The SMILES string of the molecule is C[C@@H]1CN(c2ccccc2NC(=O)N(C[C@H]2CCCO2)C[C@@H]2CCCO2)C[C@H](C)O1. The maximum absolute atomic E-state index is 13.3. The quantitative estimate of drug-likeness (QED) is 0.768. The number of nitrogens with zero attached hydrogens (tertiary/aromatic N) is 2. The number of carbonyl (C=O) groups is 1. The third-order valence-corrected chi connectivity index (χ3v) is 6.09. The van der Waals surface area contributed by atoms with Gasteiger partial charge in [-0.3, -0.25) is 0 Å². The molecule has 7 heteroatoms. The molecule has 1 aromatic carbocycles. The molecule has 7 nitrogen and oxygen atoms in total. The maximum atomic E-state index is 13.3. The first-order valence-corrected chi connectivity index (χ1v) is 11.4. The summed E-state index contributed by atoms with van der Waals surface area (Å²) >= 11 is 0. The maximum Gasteiger partial charge on any atom is 0.322 e. The highest BCUT2D eigenvalue weighted by Crippen LogP contribution is 2.29. The molecule has 0 saturated carbocycles. The van der Waals surface area contributed by atoms with Crippen LogP contribution < -0.4 is 10.2 Å². The number of nitrogens with one attached hydrogen (secondary N) is 1. The molecule has 3 fully saturated rings. The van der Waals surface area contributed by atoms with Crippen LogP contribution in [-0.4, -0.2) is 74.7 Å². The van der Waals surface area contributed by atoms with Gasteiger partial charge in [0, 0.05) is 39.4 Å². The molecule has 4 atom stereocenters. The molecule has 2 amide bonds. The number of para-hydroxylation sites is 2. The van der Waals surface area contributed by atoms with Gasteiger partial charge in [0.1, 0.15) is 0 Å². The first kappa shape index (κ1) is 21.4. The minimum Gasteiger partial charge on any atom is -0.376 e. The molecular formula is C23H35N3O4. The van der Waals surface area contributed by atoms with Gasteiger partial charge in [-0.05, 0) is 51.7 Å². The summed E-state index contributed by atoms with van der Waals surface area (Å²) in [6.07, 6.45) is 4.71. The van der Waals surface area contributed by atoms with Gasteiger partial charge in [-0.1, -0.05) is 12.1 Å². The second-order valence-electron chi connectivity index (χ2n) is 8.78. The minimum atomic E-state index is -0.0807. The van der Waals surface area contributed by atoms with E-state index in [0.29, 0.717) is 13.1 Å². The number of ether oxygens (including phenoxy) is 3. The third kappa shape index (κ3) is 5.45. The zero-order valence-electron chi connectivity index (χ0n) is 18.2. The van der Waals surface area contributed by atoms with E-state index in [1.54, 1.807) is 0 Å². The smallest absolute Gasteiger partial charge is 0.322 e. The Hall–Kier alpha value is -1.83. The van der Waals surface area contributed by atoms with E-state index in [1.165, 1.54) is 0 Å². The highest BCUT2D eigenvalue weighted by Gasteiger charge is 2.28. The number of benzene rings is 1. The van der Waals surface area contributed by atoms with Crippen LogP contribution in [0.15, 0.2) is 24.3 Å². The van der Waals surface area contributed by atoms with Crippen molar-refractivity contribution in [3.63, 3.8) is 0 Å². The number of anilines is 2. The summed E-state index contributed by atoms with van der Waals surface area (Å²) in [6.45, 7) is 8.61. The van der Waals surface area contributed by atoms with Gasteiger partial charge in [0.05, 0.1) is 35.8 Å². The molecule has 30 heavy (non-hydrogen) atoms. The van der Waals surface area contributed by atoms with Gasteiger partial charge in [0.2, 0.25) is 0 Å². The normalized spacial score (nSPS) is 29.2. The molecule has 0 radical (unpaired) electrons. The summed E-state index contributed by atoms with van der Waals surface area (Å²) in [6, 6.07) is 7.96. The van der Waals surface area contributed by atoms with Crippen LogP contribution in [-0.2, 0) is 14.2 Å². The van der Waals surface area contributed by atoms with Gasteiger partial charge < -0.3 is 29.3 Å². The van der Waals surface area contributed by atoms with Crippen LogP contribution in [0.5, 0.6) is 0 Å². The third-order valence-electron chi connectivity index (χ3n) is 6.09. The van der Waals surface area contributed by atoms with Gasteiger partial charge in [-0.2, -0.15) is 0 Å². The molecule has 4 rings (SSSR count). The van der Waals surface area contributed by atoms with Crippen molar-refractivity contribution in [2.24, 2.45) is 0 Å². The van der Waals surface area contributed by atoms with Crippen LogP contribution in [0.2, 0.25) is 0 Å². The predicted molar refractivity (Wildman–Crippen MR) is 117 cm³/mol. The topological polar surface area (TPSA) is 63.3 Å². The van der Waals surface area contributed by atoms with Gasteiger partial charge in [0.25, 0.3) is 0 Å². The first-order chi connectivity index (χ1) is 14.6. The van der Waals surface area contributed by atoms with Crippen molar-refractivity contribution >= 4 is 17.4 Å². The molecule has 1 aromatic rings. The summed E-state index contributed by atoms with van der Waals surface area (Å²) in [7, 11) is 0. The average molecular weight is 418 g/mol. The monoisotopic (exact) mass is 417 g/mol. The molecule has 1 N–H and O–H groups in total. The van der Waals surface area contributed by atoms with Crippen LogP contribution in [0.3, 0.4) is 0 Å². The Balaban J connectivity index is 1.47. The molecular weight excluding hydrogens is 382 g/mol. The number of carbonyl (C=O) groups excluding carboxylic acids is 1. The van der Waals surface area contributed by atoms with E-state index in [0.717, 1.165) is 63.4 Å². The van der Waals surface area contributed by atoms with E-state index >= 15 is 0 Å². The fourth-order valence-corrected chi connectivity index (χ4v) is 4.73. The van der Waals surface area contributed by atoms with E-state index < -0.39 is 0 Å². The van der Waals surface area contributed by atoms with E-state index in [9.17, 15) is 4.79 Å². The average Bonchev–Trinajstić information content (AvgIpc) is 3.41. The number of urea groups is 1. The summed E-state index contributed by atoms with van der Waals surface area (Å²) < 4.78 is 17.5. The van der Waals surface area contributed by atoms with Crippen molar-refractivity contribution < 1.29 is 19.0 Å². The van der Waals surface area contributed by atoms with Crippen molar-refractivity contribution in [1.82, 2.24) is 4.90 Å². The molecule has 0 aliphatic carbocycles. The Morgan fingerprint density at radius 3 is 2.20 bits per heavy atom. The Morgan fingerprint density at radius 2 is 1.63 bits per heavy atom. The molecule has 166 valence electrons. The van der Waals surface area contributed by atoms with Crippen molar-refractivity contribution in [3.05, 3.63) is 24.3 Å². The molecule has 0 aromatic heterocycles. The number of amides is 2. The zero-order chi connectivity index (χ0) is 20.9. The summed E-state index contributed by atoms with van der Waals surface area (Å²) in [5, 5.41) is 3.18. The van der Waals surface area contributed by atoms with Gasteiger partial charge in [-0.25, -0.2) is 4.79 Å². The molecule has 3 aliphatic heterocycles. The lowest BCUT2D eigenvalue weighted by molar-refractivity contribution is -0.00517. The van der Waals surface area contributed by atoms with Gasteiger partial charge >= 0.3 is 6.03 Å². The molecule has 0 bridgehead atoms. The predicted octanol–water partition coefficient (Wildman–Crippen LogP) is 3.49. The van der Waals surface area contributed by atoms with E-state index in [2.05, 4.69) is 30.1 Å². The number of morpholine rings is 1. The summed E-state index contributed by atoms with van der Waals surface area (Å²) in [4.78, 5) is 17.5. The van der Waals surface area contributed by atoms with Crippen LogP contribution in [0, 0.1) is 0 Å². The van der Waals surface area contributed by atoms with Crippen LogP contribution in [0.25, 0.3) is 0 Å². The largest absolute Gasteiger partial charge is 0.376 e. The highest BCUT2D eigenvalue weighted by molar-refractivity contribution is 5.93. The Kier molecular flexibility index (Phi) is 7.12. The molecule has 3 aliphatic rings. The van der Waals surface area contributed by atoms with Crippen LogP contribution >= 0.6 is 0 Å².